The number of benzene rings is 1. The minimum absolute atomic E-state index is 0.0607. The van der Waals surface area contributed by atoms with Crippen LogP contribution in [-0.4, -0.2) is 44.7 Å². The number of amides is 1. The third kappa shape index (κ3) is 9.42. The number of aliphatic imine (C=N–C) groups is 1. The molecule has 0 aliphatic rings. The van der Waals surface area contributed by atoms with Gasteiger partial charge in [-0.3, -0.25) is 9.79 Å². The summed E-state index contributed by atoms with van der Waals surface area (Å²) in [7, 11) is 1.72. The molecule has 1 aromatic rings. The van der Waals surface area contributed by atoms with Gasteiger partial charge < -0.3 is 20.7 Å². The highest BCUT2D eigenvalue weighted by molar-refractivity contribution is 5.81. The maximum atomic E-state index is 11.7. The molecule has 6 heteroatoms. The first-order valence-corrected chi connectivity index (χ1v) is 9.47. The van der Waals surface area contributed by atoms with Gasteiger partial charge in [0.1, 0.15) is 0 Å². The number of carbonyl (C=O) groups excluding carboxylic acids is 1. The van der Waals surface area contributed by atoms with Crippen molar-refractivity contribution in [1.29, 1.82) is 0 Å². The van der Waals surface area contributed by atoms with E-state index in [1.54, 1.807) is 7.05 Å². The molecule has 1 rings (SSSR count). The van der Waals surface area contributed by atoms with Crippen LogP contribution in [0.5, 0.6) is 0 Å². The molecular formula is C20H34N4O2. The highest BCUT2D eigenvalue weighted by Gasteiger charge is 2.06. The van der Waals surface area contributed by atoms with Gasteiger partial charge in [-0.1, -0.05) is 37.3 Å². The molecular weight excluding hydrogens is 328 g/mol. The lowest BCUT2D eigenvalue weighted by atomic mass is 10.1. The van der Waals surface area contributed by atoms with Gasteiger partial charge in [-0.05, 0) is 32.3 Å². The zero-order valence-electron chi connectivity index (χ0n) is 16.5. The molecule has 146 valence electrons. The standard InChI is InChI=1S/C20H34N4O2/c1-5-16(2)24-19(25)12-14-23-20(21-4)22-13-9-15-26-17(3)18-10-7-6-8-11-18/h6-8,10-11,16-17H,5,9,12-15H2,1-4H3,(H,24,25)(H2,21,22,23). The summed E-state index contributed by atoms with van der Waals surface area (Å²) >= 11 is 0. The van der Waals surface area contributed by atoms with Crippen LogP contribution in [-0.2, 0) is 9.53 Å². The molecule has 6 nitrogen and oxygen atoms in total. The van der Waals surface area contributed by atoms with E-state index in [-0.39, 0.29) is 18.1 Å². The zero-order chi connectivity index (χ0) is 19.2. The van der Waals surface area contributed by atoms with Crippen molar-refractivity contribution in [2.45, 2.75) is 52.2 Å². The molecule has 1 aromatic carbocycles. The Hall–Kier alpha value is -2.08. The Balaban J connectivity index is 2.12. The molecule has 0 fully saturated rings. The molecule has 2 unspecified atom stereocenters. The summed E-state index contributed by atoms with van der Waals surface area (Å²) in [6, 6.07) is 10.4. The SMILES string of the molecule is CCC(C)NC(=O)CCNC(=NC)NCCCOC(C)c1ccccc1. The summed E-state index contributed by atoms with van der Waals surface area (Å²) in [4.78, 5) is 15.9. The predicted octanol–water partition coefficient (Wildman–Crippen LogP) is 2.62. The van der Waals surface area contributed by atoms with Crippen LogP contribution in [0.3, 0.4) is 0 Å². The van der Waals surface area contributed by atoms with Gasteiger partial charge in [-0.2, -0.15) is 0 Å². The molecule has 0 bridgehead atoms. The lowest BCUT2D eigenvalue weighted by molar-refractivity contribution is -0.121. The quantitative estimate of drug-likeness (QED) is 0.321. The molecule has 2 atom stereocenters. The maximum absolute atomic E-state index is 11.7. The number of guanidine groups is 1. The Morgan fingerprint density at radius 2 is 1.85 bits per heavy atom. The third-order valence-electron chi connectivity index (χ3n) is 4.14. The molecule has 0 aromatic heterocycles. The number of nitrogens with zero attached hydrogens (tertiary/aromatic N) is 1. The number of nitrogens with one attached hydrogen (secondary N) is 3. The monoisotopic (exact) mass is 362 g/mol. The topological polar surface area (TPSA) is 74.8 Å². The van der Waals surface area contributed by atoms with E-state index in [4.69, 9.17) is 4.74 Å². The van der Waals surface area contributed by atoms with E-state index in [0.717, 1.165) is 19.4 Å². The molecule has 0 saturated carbocycles. The average Bonchev–Trinajstić information content (AvgIpc) is 2.66. The molecule has 0 radical (unpaired) electrons. The normalized spacial score (nSPS) is 13.8. The van der Waals surface area contributed by atoms with Gasteiger partial charge in [-0.15, -0.1) is 0 Å². The summed E-state index contributed by atoms with van der Waals surface area (Å²) in [5.41, 5.74) is 1.19. The van der Waals surface area contributed by atoms with Crippen LogP contribution in [0.25, 0.3) is 0 Å². The first kappa shape index (κ1) is 22.0. The van der Waals surface area contributed by atoms with E-state index < -0.39 is 0 Å². The van der Waals surface area contributed by atoms with Crippen molar-refractivity contribution in [3.63, 3.8) is 0 Å². The Labute approximate surface area is 157 Å². The lowest BCUT2D eigenvalue weighted by Crippen LogP contribution is -2.40. The molecule has 0 heterocycles. The van der Waals surface area contributed by atoms with Crippen LogP contribution < -0.4 is 16.0 Å². The lowest BCUT2D eigenvalue weighted by Gasteiger charge is -2.15. The second-order valence-electron chi connectivity index (χ2n) is 6.33. The van der Waals surface area contributed by atoms with E-state index in [0.29, 0.717) is 25.5 Å². The molecule has 0 aliphatic heterocycles. The Morgan fingerprint density at radius 3 is 2.50 bits per heavy atom. The fraction of sp³-hybridized carbons (Fsp3) is 0.600. The first-order valence-electron chi connectivity index (χ1n) is 9.47. The first-order chi connectivity index (χ1) is 12.6. The second-order valence-corrected chi connectivity index (χ2v) is 6.33. The Bertz CT molecular complexity index is 534. The molecule has 1 amide bonds. The number of rotatable bonds is 11. The summed E-state index contributed by atoms with van der Waals surface area (Å²) in [6.07, 6.45) is 2.35. The summed E-state index contributed by atoms with van der Waals surface area (Å²) in [5.74, 6) is 0.767. The largest absolute Gasteiger partial charge is 0.374 e. The molecule has 26 heavy (non-hydrogen) atoms. The van der Waals surface area contributed by atoms with Crippen molar-refractivity contribution >= 4 is 11.9 Å². The van der Waals surface area contributed by atoms with Crippen molar-refractivity contribution in [1.82, 2.24) is 16.0 Å². The smallest absolute Gasteiger partial charge is 0.221 e. The van der Waals surface area contributed by atoms with Gasteiger partial charge in [0, 0.05) is 39.2 Å². The molecule has 0 aliphatic carbocycles. The minimum Gasteiger partial charge on any atom is -0.374 e. The molecule has 0 spiro atoms. The molecule has 0 saturated heterocycles. The van der Waals surface area contributed by atoms with Gasteiger partial charge in [0.15, 0.2) is 5.96 Å². The van der Waals surface area contributed by atoms with Gasteiger partial charge >= 0.3 is 0 Å². The highest BCUT2D eigenvalue weighted by atomic mass is 16.5. The van der Waals surface area contributed by atoms with E-state index in [1.165, 1.54) is 5.56 Å². The highest BCUT2D eigenvalue weighted by Crippen LogP contribution is 2.15. The van der Waals surface area contributed by atoms with Crippen molar-refractivity contribution < 1.29 is 9.53 Å². The van der Waals surface area contributed by atoms with E-state index in [2.05, 4.69) is 46.9 Å². The Kier molecular flexibility index (Phi) is 11.1. The second kappa shape index (κ2) is 13.2. The van der Waals surface area contributed by atoms with Gasteiger partial charge in [0.25, 0.3) is 0 Å². The van der Waals surface area contributed by atoms with Crippen LogP contribution in [0.15, 0.2) is 35.3 Å². The maximum Gasteiger partial charge on any atom is 0.221 e. The number of carbonyl (C=O) groups is 1. The van der Waals surface area contributed by atoms with Crippen LogP contribution in [0.2, 0.25) is 0 Å². The Morgan fingerprint density at radius 1 is 1.15 bits per heavy atom. The van der Waals surface area contributed by atoms with E-state index >= 15 is 0 Å². The third-order valence-corrected chi connectivity index (χ3v) is 4.14. The van der Waals surface area contributed by atoms with Crippen LogP contribution >= 0.6 is 0 Å². The predicted molar refractivity (Wildman–Crippen MR) is 107 cm³/mol. The van der Waals surface area contributed by atoms with Crippen molar-refractivity contribution in [2.24, 2.45) is 4.99 Å². The number of hydrogen-bond donors (Lipinski definition) is 3. The zero-order valence-corrected chi connectivity index (χ0v) is 16.5. The summed E-state index contributed by atoms with van der Waals surface area (Å²) in [6.45, 7) is 8.13. The van der Waals surface area contributed by atoms with Crippen LogP contribution in [0.1, 0.15) is 51.7 Å². The van der Waals surface area contributed by atoms with E-state index in [1.807, 2.05) is 25.1 Å². The fourth-order valence-electron chi connectivity index (χ4n) is 2.32. The average molecular weight is 363 g/mol. The van der Waals surface area contributed by atoms with Crippen molar-refractivity contribution in [3.05, 3.63) is 35.9 Å². The van der Waals surface area contributed by atoms with Gasteiger partial charge in [0.2, 0.25) is 5.91 Å². The van der Waals surface area contributed by atoms with Crippen molar-refractivity contribution in [3.8, 4) is 0 Å². The van der Waals surface area contributed by atoms with E-state index in [9.17, 15) is 4.79 Å². The van der Waals surface area contributed by atoms with Crippen molar-refractivity contribution in [2.75, 3.05) is 26.7 Å². The number of hydrogen-bond acceptors (Lipinski definition) is 3. The van der Waals surface area contributed by atoms with Gasteiger partial charge in [0.05, 0.1) is 6.10 Å². The van der Waals surface area contributed by atoms with Crippen LogP contribution in [0.4, 0.5) is 0 Å². The summed E-state index contributed by atoms with van der Waals surface area (Å²) in [5, 5.41) is 9.34. The fourth-order valence-corrected chi connectivity index (χ4v) is 2.32. The van der Waals surface area contributed by atoms with Crippen LogP contribution in [0, 0.1) is 0 Å². The van der Waals surface area contributed by atoms with Gasteiger partial charge in [-0.25, -0.2) is 0 Å². The number of ether oxygens (including phenoxy) is 1. The summed E-state index contributed by atoms with van der Waals surface area (Å²) < 4.78 is 5.85. The molecule has 3 N–H and O–H groups in total. The minimum atomic E-state index is 0.0607.